The Bertz CT molecular complexity index is 309. The van der Waals surface area contributed by atoms with Crippen molar-refractivity contribution in [3.8, 4) is 0 Å². The predicted molar refractivity (Wildman–Crippen MR) is 38.6 cm³/mol. The molecule has 1 aromatic rings. The monoisotopic (exact) mass is 301 g/mol. The van der Waals surface area contributed by atoms with Gasteiger partial charge in [-0.15, -0.1) is 6.07 Å². The number of hydrogen-bond acceptors (Lipinski definition) is 0. The summed E-state index contributed by atoms with van der Waals surface area (Å²) in [7, 11) is 0. The molecule has 1 aliphatic rings. The second-order valence-corrected chi connectivity index (χ2v) is 2.56. The number of halogens is 5. The summed E-state index contributed by atoms with van der Waals surface area (Å²) in [5.74, 6) is -10.0. The van der Waals surface area contributed by atoms with Gasteiger partial charge in [-0.05, 0) is 0 Å². The third kappa shape index (κ3) is 4.32. The molecule has 1 aromatic carbocycles. The van der Waals surface area contributed by atoms with E-state index in [1.807, 2.05) is 0 Å². The minimum atomic E-state index is -2.17. The average Bonchev–Trinajstić information content (AvgIpc) is 2.98. The molecule has 0 unspecified atom stereocenters. The molecule has 1 radical (unpaired) electrons. The van der Waals surface area contributed by atoms with Crippen molar-refractivity contribution in [1.82, 2.24) is 0 Å². The third-order valence-corrected chi connectivity index (χ3v) is 1.28. The van der Waals surface area contributed by atoms with Crippen molar-refractivity contribution in [3.63, 3.8) is 0 Å². The fraction of sp³-hybridized carbons (Fsp3) is 0.222. The fourth-order valence-corrected chi connectivity index (χ4v) is 0.495. The van der Waals surface area contributed by atoms with Crippen molar-refractivity contribution in [2.75, 3.05) is 0 Å². The zero-order valence-corrected chi connectivity index (χ0v) is 9.53. The standard InChI is InChI=1S/C6F5.C3H5.Nb/c7-2-1-3(8)5(10)6(11)4(2)9;1-2-3-1;/h;1H,2-3H2;/q2*-1;+2. The van der Waals surface area contributed by atoms with Crippen LogP contribution in [-0.4, -0.2) is 0 Å². The molecule has 0 saturated heterocycles. The van der Waals surface area contributed by atoms with Crippen molar-refractivity contribution >= 4 is 0 Å². The molecule has 1 saturated carbocycles. The fourth-order valence-electron chi connectivity index (χ4n) is 0.495. The van der Waals surface area contributed by atoms with Gasteiger partial charge >= 0.3 is 22.4 Å². The van der Waals surface area contributed by atoms with E-state index < -0.39 is 29.1 Å². The topological polar surface area (TPSA) is 0 Å². The molecule has 0 heterocycles. The first-order chi connectivity index (χ1) is 6.54. The van der Waals surface area contributed by atoms with E-state index in [4.69, 9.17) is 0 Å². The summed E-state index contributed by atoms with van der Waals surface area (Å²) < 4.78 is 59.9. The van der Waals surface area contributed by atoms with Gasteiger partial charge in [-0.2, -0.15) is 0 Å². The molecular weight excluding hydrogens is 296 g/mol. The molecule has 2 rings (SSSR count). The van der Waals surface area contributed by atoms with Gasteiger partial charge in [-0.25, -0.2) is 26.0 Å². The van der Waals surface area contributed by atoms with Crippen LogP contribution in [0.3, 0.4) is 0 Å². The normalized spacial score (nSPS) is 12.3. The molecule has 81 valence electrons. The van der Waals surface area contributed by atoms with E-state index in [9.17, 15) is 22.0 Å². The van der Waals surface area contributed by atoms with Gasteiger partial charge in [-0.1, -0.05) is 0 Å². The molecule has 1 aliphatic carbocycles. The molecule has 0 bridgehead atoms. The van der Waals surface area contributed by atoms with E-state index in [1.54, 1.807) is 0 Å². The summed E-state index contributed by atoms with van der Waals surface area (Å²) in [4.78, 5) is 0. The van der Waals surface area contributed by atoms with E-state index in [0.717, 1.165) is 6.07 Å². The molecule has 6 heteroatoms. The second-order valence-electron chi connectivity index (χ2n) is 2.56. The van der Waals surface area contributed by atoms with Crippen LogP contribution in [0.2, 0.25) is 0 Å². The van der Waals surface area contributed by atoms with Gasteiger partial charge in [0.1, 0.15) is 0 Å². The van der Waals surface area contributed by atoms with Crippen LogP contribution in [0.4, 0.5) is 22.0 Å². The maximum absolute atomic E-state index is 12.0. The predicted octanol–water partition coefficient (Wildman–Crippen LogP) is 3.16. The van der Waals surface area contributed by atoms with E-state index in [0.29, 0.717) is 0 Å². The van der Waals surface area contributed by atoms with Gasteiger partial charge in [0.05, 0.1) is 29.1 Å². The van der Waals surface area contributed by atoms with Gasteiger partial charge in [0.15, 0.2) is 0 Å². The van der Waals surface area contributed by atoms with Crippen LogP contribution in [0, 0.1) is 41.6 Å². The van der Waals surface area contributed by atoms with E-state index in [-0.39, 0.29) is 22.4 Å². The Morgan fingerprint density at radius 2 is 1.13 bits per heavy atom. The molecule has 0 atom stereocenters. The summed E-state index contributed by atoms with van der Waals surface area (Å²) in [5, 5.41) is 0. The Morgan fingerprint density at radius 3 is 1.40 bits per heavy atom. The van der Waals surface area contributed by atoms with Crippen molar-refractivity contribution in [1.29, 1.82) is 0 Å². The van der Waals surface area contributed by atoms with Crippen LogP contribution in [0.1, 0.15) is 12.8 Å². The first-order valence-corrected chi connectivity index (χ1v) is 3.76. The van der Waals surface area contributed by atoms with Gasteiger partial charge in [0.25, 0.3) is 0 Å². The Balaban J connectivity index is 0.000000420. The summed E-state index contributed by atoms with van der Waals surface area (Å²) in [5.41, 5.74) is 0. The second kappa shape index (κ2) is 6.25. The summed E-state index contributed by atoms with van der Waals surface area (Å²) in [6.45, 7) is 0. The van der Waals surface area contributed by atoms with Crippen molar-refractivity contribution in [3.05, 3.63) is 41.6 Å². The van der Waals surface area contributed by atoms with Crippen molar-refractivity contribution in [2.24, 2.45) is 0 Å². The summed E-state index contributed by atoms with van der Waals surface area (Å²) >= 11 is 0. The first-order valence-electron chi connectivity index (χ1n) is 3.76. The maximum Gasteiger partial charge on any atom is 2.00 e. The van der Waals surface area contributed by atoms with Crippen molar-refractivity contribution < 1.29 is 44.3 Å². The average molecular weight is 301 g/mol. The van der Waals surface area contributed by atoms with Crippen LogP contribution < -0.4 is 0 Å². The molecule has 0 amide bonds. The van der Waals surface area contributed by atoms with Crippen LogP contribution >= 0.6 is 0 Å². The van der Waals surface area contributed by atoms with Crippen LogP contribution in [0.15, 0.2) is 0 Å². The summed E-state index contributed by atoms with van der Waals surface area (Å²) in [6, 6.07) is 1.02. The first kappa shape index (κ1) is 14.6. The summed E-state index contributed by atoms with van der Waals surface area (Å²) in [6.07, 6.45) is 5.00. The van der Waals surface area contributed by atoms with E-state index in [1.165, 1.54) is 12.8 Å². The Kier molecular flexibility index (Phi) is 6.09. The number of hydrogen-bond donors (Lipinski definition) is 0. The third-order valence-electron chi connectivity index (χ3n) is 1.28. The quantitative estimate of drug-likeness (QED) is 0.227. The molecular formula is C9H5F5Nb. The number of rotatable bonds is 0. The molecule has 0 aliphatic heterocycles. The Hall–Kier alpha value is -0.390. The Morgan fingerprint density at radius 1 is 0.800 bits per heavy atom. The Labute approximate surface area is 99.0 Å². The van der Waals surface area contributed by atoms with Crippen LogP contribution in [0.5, 0.6) is 0 Å². The molecule has 0 spiro atoms. The van der Waals surface area contributed by atoms with E-state index >= 15 is 0 Å². The maximum atomic E-state index is 12.0. The zero-order chi connectivity index (χ0) is 10.7. The van der Waals surface area contributed by atoms with Crippen molar-refractivity contribution in [2.45, 2.75) is 12.8 Å². The minimum absolute atomic E-state index is 0. The van der Waals surface area contributed by atoms with Gasteiger partial charge in [0.2, 0.25) is 0 Å². The zero-order valence-electron chi connectivity index (χ0n) is 7.33. The minimum Gasteiger partial charge on any atom is -0.333 e. The molecule has 0 nitrogen and oxygen atoms in total. The van der Waals surface area contributed by atoms with Gasteiger partial charge < -0.3 is 6.42 Å². The molecule has 1 fully saturated rings. The van der Waals surface area contributed by atoms with Gasteiger partial charge in [-0.3, -0.25) is 8.78 Å². The largest absolute Gasteiger partial charge is 2.00 e. The smallest absolute Gasteiger partial charge is 0.333 e. The van der Waals surface area contributed by atoms with Crippen LogP contribution in [-0.2, 0) is 22.4 Å². The number of benzene rings is 1. The van der Waals surface area contributed by atoms with Gasteiger partial charge in [0, 0.05) is 0 Å². The van der Waals surface area contributed by atoms with Crippen LogP contribution in [0.25, 0.3) is 0 Å². The molecule has 15 heavy (non-hydrogen) atoms. The molecule has 0 aromatic heterocycles. The SMILES string of the molecule is Fc1[c-]c(F)c(F)c(F)c1F.[CH-]1CC1.[Nb+2]. The van der Waals surface area contributed by atoms with E-state index in [2.05, 4.69) is 6.42 Å². The molecule has 0 N–H and O–H groups in total.